The quantitative estimate of drug-likeness (QED) is 0.305. The molecule has 18 heteroatoms. The molecule has 0 aliphatic carbocycles. The third-order valence-corrected chi connectivity index (χ3v) is 6.09. The minimum absolute atomic E-state index is 0.0782. The molecule has 0 N–H and O–H groups in total. The predicted molar refractivity (Wildman–Crippen MR) is 94.9 cm³/mol. The molecule has 0 aromatic heterocycles. The van der Waals surface area contributed by atoms with Crippen molar-refractivity contribution in [2.75, 3.05) is 0 Å². The van der Waals surface area contributed by atoms with E-state index >= 15 is 0 Å². The Hall–Kier alpha value is -2.82. The highest BCUT2D eigenvalue weighted by molar-refractivity contribution is 5.51. The largest absolute Gasteiger partial charge is 0.413 e. The van der Waals surface area contributed by atoms with Gasteiger partial charge < -0.3 is 0 Å². The smallest absolute Gasteiger partial charge is 0.170 e. The molecule has 0 nitrogen and oxygen atoms in total. The Morgan fingerprint density at radius 3 is 0.615 bits per heavy atom. The van der Waals surface area contributed by atoms with Crippen molar-refractivity contribution in [2.45, 2.75) is 42.5 Å². The first-order valence-electron chi connectivity index (χ1n) is 9.72. The van der Waals surface area contributed by atoms with Crippen molar-refractivity contribution in [3.63, 3.8) is 0 Å². The molecule has 39 heavy (non-hydrogen) atoms. The predicted octanol–water partition coefficient (Wildman–Crippen LogP) is 9.32. The standard InChI is InChI=1S/C21H10F18/c22-16(23,24)14(17(25,26)27,18(28,29)30)13(11-7-3-1-4-8-11,12-9-5-2-6-10-12)15(19(31,32)33,20(34,35)36)21(37,38)39/h1-10H. The van der Waals surface area contributed by atoms with Gasteiger partial charge in [-0.05, 0) is 11.1 Å². The van der Waals surface area contributed by atoms with E-state index in [1.165, 1.54) is 0 Å². The van der Waals surface area contributed by atoms with Crippen LogP contribution in [0.2, 0.25) is 0 Å². The maximum absolute atomic E-state index is 14.4. The summed E-state index contributed by atoms with van der Waals surface area (Å²) >= 11 is 0. The summed E-state index contributed by atoms with van der Waals surface area (Å²) in [4.78, 5) is 0. The molecular formula is C21H10F18. The van der Waals surface area contributed by atoms with Crippen LogP contribution in [-0.4, -0.2) is 37.1 Å². The van der Waals surface area contributed by atoms with Gasteiger partial charge in [0, 0.05) is 0 Å². The molecule has 0 fully saturated rings. The van der Waals surface area contributed by atoms with Gasteiger partial charge in [0.05, 0.1) is 5.41 Å². The van der Waals surface area contributed by atoms with E-state index in [0.29, 0.717) is 12.1 Å². The lowest BCUT2D eigenvalue weighted by molar-refractivity contribution is -0.507. The Morgan fingerprint density at radius 1 is 0.282 bits per heavy atom. The van der Waals surface area contributed by atoms with E-state index in [4.69, 9.17) is 0 Å². The van der Waals surface area contributed by atoms with E-state index in [2.05, 4.69) is 0 Å². The topological polar surface area (TPSA) is 0 Å². The average molecular weight is 604 g/mol. The monoisotopic (exact) mass is 604 g/mol. The van der Waals surface area contributed by atoms with Crippen LogP contribution < -0.4 is 0 Å². The Bertz CT molecular complexity index is 947. The molecule has 0 aliphatic heterocycles. The summed E-state index contributed by atoms with van der Waals surface area (Å²) in [6.07, 6.45) is -49.9. The van der Waals surface area contributed by atoms with Gasteiger partial charge in [-0.25, -0.2) is 0 Å². The molecule has 0 heterocycles. The summed E-state index contributed by atoms with van der Waals surface area (Å²) in [5.41, 5.74) is -29.6. The Kier molecular flexibility index (Phi) is 7.56. The molecule has 2 aromatic carbocycles. The van der Waals surface area contributed by atoms with Crippen molar-refractivity contribution in [2.24, 2.45) is 10.8 Å². The Labute approximate surface area is 205 Å². The van der Waals surface area contributed by atoms with Crippen molar-refractivity contribution in [3.8, 4) is 0 Å². The van der Waals surface area contributed by atoms with Gasteiger partial charge in [0.25, 0.3) is 10.8 Å². The third kappa shape index (κ3) is 4.10. The summed E-state index contributed by atoms with van der Waals surface area (Å²) in [5.74, 6) is 0. The second-order valence-corrected chi connectivity index (χ2v) is 7.97. The van der Waals surface area contributed by atoms with Crippen LogP contribution in [0.5, 0.6) is 0 Å². The minimum atomic E-state index is -8.37. The number of rotatable bonds is 4. The van der Waals surface area contributed by atoms with Crippen LogP contribution in [0.15, 0.2) is 60.7 Å². The fourth-order valence-corrected chi connectivity index (χ4v) is 4.93. The Balaban J connectivity index is 3.83. The maximum Gasteiger partial charge on any atom is 0.413 e. The number of hydrogen-bond acceptors (Lipinski definition) is 0. The second-order valence-electron chi connectivity index (χ2n) is 7.97. The fraction of sp³-hybridized carbons (Fsp3) is 0.429. The van der Waals surface area contributed by atoms with Crippen LogP contribution in [0.3, 0.4) is 0 Å². The summed E-state index contributed by atoms with van der Waals surface area (Å²) in [6, 6.07) is -0.830. The number of benzene rings is 2. The highest BCUT2D eigenvalue weighted by Gasteiger charge is 3.03. The zero-order valence-corrected chi connectivity index (χ0v) is 18.1. The molecule has 2 rings (SSSR count). The molecule has 0 unspecified atom stereocenters. The number of alkyl halides is 18. The third-order valence-electron chi connectivity index (χ3n) is 6.09. The molecule has 0 saturated carbocycles. The van der Waals surface area contributed by atoms with Gasteiger partial charge >= 0.3 is 37.1 Å². The van der Waals surface area contributed by atoms with Gasteiger partial charge in [0.15, 0.2) is 0 Å². The molecule has 0 atom stereocenters. The zero-order chi connectivity index (χ0) is 30.7. The maximum atomic E-state index is 14.4. The average Bonchev–Trinajstić information content (AvgIpc) is 2.68. The Morgan fingerprint density at radius 2 is 0.462 bits per heavy atom. The first-order chi connectivity index (χ1) is 17.2. The summed E-state index contributed by atoms with van der Waals surface area (Å²) in [7, 11) is 0. The van der Waals surface area contributed by atoms with E-state index in [-0.39, 0.29) is 24.3 Å². The summed E-state index contributed by atoms with van der Waals surface area (Å²) in [6.45, 7) is 0. The molecule has 0 amide bonds. The van der Waals surface area contributed by atoms with E-state index in [0.717, 1.165) is 0 Å². The lowest BCUT2D eigenvalue weighted by Gasteiger charge is -2.60. The number of hydrogen-bond donors (Lipinski definition) is 0. The van der Waals surface area contributed by atoms with Crippen LogP contribution in [0.4, 0.5) is 79.0 Å². The lowest BCUT2D eigenvalue weighted by atomic mass is 9.43. The van der Waals surface area contributed by atoms with Crippen molar-refractivity contribution < 1.29 is 79.0 Å². The SMILES string of the molecule is FC(F)(F)C(C(F)(F)F)(C(F)(F)F)C(c1ccccc1)(c1ccccc1)C(C(F)(F)F)(C(F)(F)F)C(F)(F)F. The summed E-state index contributed by atoms with van der Waals surface area (Å²) < 4.78 is 259. The van der Waals surface area contributed by atoms with E-state index < -0.39 is 88.7 Å². The molecule has 2 aromatic rings. The molecule has 0 bridgehead atoms. The van der Waals surface area contributed by atoms with Crippen molar-refractivity contribution in [1.29, 1.82) is 0 Å². The second kappa shape index (κ2) is 9.11. The van der Waals surface area contributed by atoms with Crippen LogP contribution >= 0.6 is 0 Å². The van der Waals surface area contributed by atoms with Crippen LogP contribution in [-0.2, 0) is 5.41 Å². The van der Waals surface area contributed by atoms with Crippen LogP contribution in [0.25, 0.3) is 0 Å². The van der Waals surface area contributed by atoms with Crippen molar-refractivity contribution in [1.82, 2.24) is 0 Å². The minimum Gasteiger partial charge on any atom is -0.170 e. The van der Waals surface area contributed by atoms with Crippen molar-refractivity contribution >= 4 is 0 Å². The van der Waals surface area contributed by atoms with Gasteiger partial charge in [-0.3, -0.25) is 0 Å². The highest BCUT2D eigenvalue weighted by atomic mass is 19.4. The molecular weight excluding hydrogens is 594 g/mol. The normalized spacial score (nSPS) is 15.4. The van der Waals surface area contributed by atoms with Gasteiger partial charge in [-0.1, -0.05) is 60.7 Å². The van der Waals surface area contributed by atoms with E-state index in [9.17, 15) is 79.0 Å². The van der Waals surface area contributed by atoms with E-state index in [1.807, 2.05) is 0 Å². The van der Waals surface area contributed by atoms with Crippen molar-refractivity contribution in [3.05, 3.63) is 71.8 Å². The van der Waals surface area contributed by atoms with Crippen LogP contribution in [0.1, 0.15) is 11.1 Å². The fourth-order valence-electron chi connectivity index (χ4n) is 4.93. The number of halogens is 18. The lowest BCUT2D eigenvalue weighted by Crippen LogP contribution is -2.82. The first kappa shape index (κ1) is 32.4. The molecule has 0 saturated heterocycles. The molecule has 0 spiro atoms. The van der Waals surface area contributed by atoms with Gasteiger partial charge in [-0.2, -0.15) is 79.0 Å². The van der Waals surface area contributed by atoms with Crippen LogP contribution in [0, 0.1) is 10.8 Å². The van der Waals surface area contributed by atoms with Gasteiger partial charge in [-0.15, -0.1) is 0 Å². The molecule has 220 valence electrons. The van der Waals surface area contributed by atoms with Gasteiger partial charge in [0.1, 0.15) is 0 Å². The van der Waals surface area contributed by atoms with E-state index in [1.54, 1.807) is 0 Å². The highest BCUT2D eigenvalue weighted by Crippen LogP contribution is 2.81. The molecule has 0 aliphatic rings. The molecule has 0 radical (unpaired) electrons. The summed E-state index contributed by atoms with van der Waals surface area (Å²) in [5, 5.41) is 0. The zero-order valence-electron chi connectivity index (χ0n) is 18.1. The first-order valence-corrected chi connectivity index (χ1v) is 9.72. The van der Waals surface area contributed by atoms with Gasteiger partial charge in [0.2, 0.25) is 0 Å².